The normalized spacial score (nSPS) is 13.2. The largest absolute Gasteiger partial charge is 0.433 e. The highest BCUT2D eigenvalue weighted by Crippen LogP contribution is 2.17. The van der Waals surface area contributed by atoms with E-state index in [1.165, 1.54) is 0 Å². The van der Waals surface area contributed by atoms with E-state index in [1.807, 2.05) is 13.8 Å². The fraction of sp³-hybridized carbons (Fsp3) is 0.727. The predicted octanol–water partition coefficient (Wildman–Crippen LogP) is 1.82. The van der Waals surface area contributed by atoms with Crippen LogP contribution in [0.3, 0.4) is 0 Å². The molecule has 94 valence electrons. The van der Waals surface area contributed by atoms with Gasteiger partial charge in [-0.3, -0.25) is 4.74 Å². The third-order valence-electron chi connectivity index (χ3n) is 1.64. The zero-order valence-electron chi connectivity index (χ0n) is 10.3. The molecule has 16 heavy (non-hydrogen) atoms. The summed E-state index contributed by atoms with van der Waals surface area (Å²) in [7, 11) is 0. The average Bonchev–Trinajstić information content (AvgIpc) is 2.17. The van der Waals surface area contributed by atoms with Crippen LogP contribution < -0.4 is 0 Å². The van der Waals surface area contributed by atoms with Gasteiger partial charge in [0.15, 0.2) is 0 Å². The Morgan fingerprint density at radius 3 is 2.25 bits per heavy atom. The SMILES string of the molecule is C=CC(=O)OC(C)OC(C)(OCC)OCC. The van der Waals surface area contributed by atoms with Crippen LogP contribution in [0.15, 0.2) is 12.7 Å². The minimum atomic E-state index is -1.20. The third-order valence-corrected chi connectivity index (χ3v) is 1.64. The highest BCUT2D eigenvalue weighted by atomic mass is 16.9. The summed E-state index contributed by atoms with van der Waals surface area (Å²) in [5.74, 6) is -1.76. The summed E-state index contributed by atoms with van der Waals surface area (Å²) >= 11 is 0. The molecule has 1 unspecified atom stereocenters. The molecule has 0 heterocycles. The Bertz CT molecular complexity index is 220. The molecule has 1 atom stereocenters. The predicted molar refractivity (Wildman–Crippen MR) is 58.5 cm³/mol. The van der Waals surface area contributed by atoms with Gasteiger partial charge in [0.2, 0.25) is 6.29 Å². The van der Waals surface area contributed by atoms with Crippen molar-refractivity contribution in [2.24, 2.45) is 0 Å². The van der Waals surface area contributed by atoms with E-state index in [1.54, 1.807) is 13.8 Å². The lowest BCUT2D eigenvalue weighted by molar-refractivity contribution is -0.400. The van der Waals surface area contributed by atoms with E-state index in [0.29, 0.717) is 13.2 Å². The Morgan fingerprint density at radius 2 is 1.88 bits per heavy atom. The van der Waals surface area contributed by atoms with Gasteiger partial charge in [0.1, 0.15) is 0 Å². The molecule has 0 amide bonds. The maximum Gasteiger partial charge on any atom is 0.332 e. The van der Waals surface area contributed by atoms with E-state index in [0.717, 1.165) is 6.08 Å². The van der Waals surface area contributed by atoms with E-state index < -0.39 is 18.2 Å². The molecule has 0 spiro atoms. The molecule has 0 aliphatic rings. The first-order chi connectivity index (χ1) is 7.47. The summed E-state index contributed by atoms with van der Waals surface area (Å²) < 4.78 is 20.8. The monoisotopic (exact) mass is 232 g/mol. The number of esters is 1. The van der Waals surface area contributed by atoms with Gasteiger partial charge in [0.05, 0.1) is 0 Å². The van der Waals surface area contributed by atoms with Gasteiger partial charge in [0.25, 0.3) is 5.97 Å². The van der Waals surface area contributed by atoms with Gasteiger partial charge in [-0.2, -0.15) is 0 Å². The maximum atomic E-state index is 10.9. The topological polar surface area (TPSA) is 54.0 Å². The zero-order chi connectivity index (χ0) is 12.6. The molecule has 0 aromatic heterocycles. The Kier molecular flexibility index (Phi) is 6.96. The van der Waals surface area contributed by atoms with E-state index in [4.69, 9.17) is 18.9 Å². The number of rotatable bonds is 8. The van der Waals surface area contributed by atoms with Crippen molar-refractivity contribution in [3.05, 3.63) is 12.7 Å². The maximum absolute atomic E-state index is 10.9. The fourth-order valence-electron chi connectivity index (χ4n) is 1.17. The van der Waals surface area contributed by atoms with Crippen molar-refractivity contribution >= 4 is 5.97 Å². The molecule has 0 fully saturated rings. The lowest BCUT2D eigenvalue weighted by atomic mass is 10.6. The Balaban J connectivity index is 4.26. The minimum absolute atomic E-state index is 0.429. The summed E-state index contributed by atoms with van der Waals surface area (Å²) in [6.07, 6.45) is 0.298. The van der Waals surface area contributed by atoms with Crippen molar-refractivity contribution in [1.29, 1.82) is 0 Å². The average molecular weight is 232 g/mol. The summed E-state index contributed by atoms with van der Waals surface area (Å²) in [5, 5.41) is 0. The Labute approximate surface area is 96.3 Å². The van der Waals surface area contributed by atoms with E-state index in [2.05, 4.69) is 6.58 Å². The fourth-order valence-corrected chi connectivity index (χ4v) is 1.17. The second-order valence-corrected chi connectivity index (χ2v) is 3.05. The van der Waals surface area contributed by atoms with E-state index in [9.17, 15) is 4.79 Å². The number of ether oxygens (including phenoxy) is 4. The van der Waals surface area contributed by atoms with Gasteiger partial charge in [-0.25, -0.2) is 4.79 Å². The van der Waals surface area contributed by atoms with Crippen LogP contribution in [-0.2, 0) is 23.7 Å². The summed E-state index contributed by atoms with van der Waals surface area (Å²) in [6.45, 7) is 11.0. The summed E-state index contributed by atoms with van der Waals surface area (Å²) in [6, 6.07) is 0. The second kappa shape index (κ2) is 7.38. The first-order valence-electron chi connectivity index (χ1n) is 5.26. The van der Waals surface area contributed by atoms with Gasteiger partial charge >= 0.3 is 5.97 Å². The second-order valence-electron chi connectivity index (χ2n) is 3.05. The lowest BCUT2D eigenvalue weighted by Gasteiger charge is -2.31. The first kappa shape index (κ1) is 15.1. The molecule has 0 aliphatic heterocycles. The molecule has 0 saturated heterocycles. The van der Waals surface area contributed by atoms with Crippen molar-refractivity contribution in [1.82, 2.24) is 0 Å². The van der Waals surface area contributed by atoms with Crippen LogP contribution >= 0.6 is 0 Å². The Hall–Kier alpha value is -0.910. The Morgan fingerprint density at radius 1 is 1.38 bits per heavy atom. The molecular formula is C11H20O5. The number of carbonyl (C=O) groups excluding carboxylic acids is 1. The van der Waals surface area contributed by atoms with Crippen LogP contribution in [0.4, 0.5) is 0 Å². The van der Waals surface area contributed by atoms with Crippen molar-refractivity contribution in [3.63, 3.8) is 0 Å². The van der Waals surface area contributed by atoms with Crippen molar-refractivity contribution in [3.8, 4) is 0 Å². The molecule has 0 rings (SSSR count). The molecule has 5 heteroatoms. The van der Waals surface area contributed by atoms with Crippen LogP contribution in [0.1, 0.15) is 27.7 Å². The van der Waals surface area contributed by atoms with Crippen LogP contribution in [0.5, 0.6) is 0 Å². The third kappa shape index (κ3) is 5.85. The van der Waals surface area contributed by atoms with Crippen molar-refractivity contribution < 1.29 is 23.7 Å². The lowest BCUT2D eigenvalue weighted by Crippen LogP contribution is -2.40. The summed E-state index contributed by atoms with van der Waals surface area (Å²) in [4.78, 5) is 10.9. The minimum Gasteiger partial charge on any atom is -0.433 e. The quantitative estimate of drug-likeness (QED) is 0.363. The van der Waals surface area contributed by atoms with Crippen LogP contribution in [0.2, 0.25) is 0 Å². The molecule has 5 nitrogen and oxygen atoms in total. The molecule has 0 radical (unpaired) electrons. The molecule has 0 N–H and O–H groups in total. The number of hydrogen-bond acceptors (Lipinski definition) is 5. The molecule has 0 aromatic rings. The summed E-state index contributed by atoms with van der Waals surface area (Å²) in [5.41, 5.74) is 0. The number of hydrogen-bond donors (Lipinski definition) is 0. The van der Waals surface area contributed by atoms with Crippen molar-refractivity contribution in [2.75, 3.05) is 13.2 Å². The van der Waals surface area contributed by atoms with Gasteiger partial charge in [0, 0.05) is 26.2 Å². The molecule has 0 saturated carbocycles. The van der Waals surface area contributed by atoms with Gasteiger partial charge in [-0.15, -0.1) is 0 Å². The molecule has 0 bridgehead atoms. The number of carbonyl (C=O) groups is 1. The van der Waals surface area contributed by atoms with Crippen LogP contribution in [0.25, 0.3) is 0 Å². The standard InChI is InChI=1S/C11H20O5/c1-6-10(12)15-9(4)16-11(5,13-7-2)14-8-3/h6,9H,1,7-8H2,2-5H3. The molecule has 0 aliphatic carbocycles. The van der Waals surface area contributed by atoms with E-state index in [-0.39, 0.29) is 0 Å². The van der Waals surface area contributed by atoms with Gasteiger partial charge in [-0.1, -0.05) is 6.58 Å². The highest BCUT2D eigenvalue weighted by molar-refractivity contribution is 5.81. The molecular weight excluding hydrogens is 212 g/mol. The molecule has 0 aromatic carbocycles. The first-order valence-corrected chi connectivity index (χ1v) is 5.26. The van der Waals surface area contributed by atoms with Gasteiger partial charge in [-0.05, 0) is 20.8 Å². The zero-order valence-corrected chi connectivity index (χ0v) is 10.3. The van der Waals surface area contributed by atoms with E-state index >= 15 is 0 Å². The highest BCUT2D eigenvalue weighted by Gasteiger charge is 2.29. The van der Waals surface area contributed by atoms with Crippen molar-refractivity contribution in [2.45, 2.75) is 40.0 Å². The van der Waals surface area contributed by atoms with Gasteiger partial charge < -0.3 is 14.2 Å². The smallest absolute Gasteiger partial charge is 0.332 e. The van der Waals surface area contributed by atoms with Crippen LogP contribution in [-0.4, -0.2) is 31.4 Å². The van der Waals surface area contributed by atoms with Crippen LogP contribution in [0, 0.1) is 0 Å².